The van der Waals surface area contributed by atoms with Crippen LogP contribution in [0.25, 0.3) is 11.0 Å². The molecule has 0 fully saturated rings. The molecule has 2 aromatic rings. The van der Waals surface area contributed by atoms with Gasteiger partial charge >= 0.3 is 6.18 Å². The molecule has 2 rings (SSSR count). The minimum Gasteiger partial charge on any atom is -0.248 e. The number of alkyl halides is 3. The molecule has 0 saturated heterocycles. The van der Waals surface area contributed by atoms with Crippen molar-refractivity contribution in [1.29, 1.82) is 0 Å². The van der Waals surface area contributed by atoms with Crippen LogP contribution in [0.2, 0.25) is 5.02 Å². The number of halogens is 4. The van der Waals surface area contributed by atoms with Gasteiger partial charge in [0.15, 0.2) is 0 Å². The Morgan fingerprint density at radius 1 is 1.33 bits per heavy atom. The van der Waals surface area contributed by atoms with E-state index in [1.165, 1.54) is 11.7 Å². The molecule has 0 spiro atoms. The van der Waals surface area contributed by atoms with E-state index >= 15 is 0 Å². The number of benzene rings is 1. The third-order valence-corrected chi connectivity index (χ3v) is 2.29. The van der Waals surface area contributed by atoms with Crippen molar-refractivity contribution in [2.75, 3.05) is 0 Å². The Hall–Kier alpha value is -1.30. The zero-order valence-electron chi connectivity index (χ0n) is 7.51. The number of aromatic nitrogens is 3. The van der Waals surface area contributed by atoms with Crippen LogP contribution in [-0.4, -0.2) is 15.0 Å². The largest absolute Gasteiger partial charge is 0.416 e. The van der Waals surface area contributed by atoms with Crippen molar-refractivity contribution in [3.8, 4) is 0 Å². The van der Waals surface area contributed by atoms with Crippen molar-refractivity contribution in [2.24, 2.45) is 7.05 Å². The highest BCUT2D eigenvalue weighted by atomic mass is 35.5. The maximum absolute atomic E-state index is 12.4. The van der Waals surface area contributed by atoms with E-state index in [0.717, 1.165) is 12.1 Å². The standard InChI is InChI=1S/C8H5ClF3N3/c1-15-6-3-4(8(10,11)12)2-5(9)7(6)13-14-15/h2-3H,1H3. The predicted octanol–water partition coefficient (Wildman–Crippen LogP) is 2.64. The molecule has 1 aromatic carbocycles. The molecule has 80 valence electrons. The quantitative estimate of drug-likeness (QED) is 0.703. The van der Waals surface area contributed by atoms with E-state index in [0.29, 0.717) is 0 Å². The second kappa shape index (κ2) is 3.10. The molecule has 1 heterocycles. The van der Waals surface area contributed by atoms with Gasteiger partial charge in [-0.05, 0) is 12.1 Å². The molecule has 0 aliphatic carbocycles. The van der Waals surface area contributed by atoms with Crippen molar-refractivity contribution >= 4 is 22.6 Å². The number of hydrogen-bond acceptors (Lipinski definition) is 2. The van der Waals surface area contributed by atoms with E-state index in [-0.39, 0.29) is 16.1 Å². The van der Waals surface area contributed by atoms with E-state index in [4.69, 9.17) is 11.6 Å². The fourth-order valence-electron chi connectivity index (χ4n) is 1.25. The number of nitrogens with zero attached hydrogens (tertiary/aromatic N) is 3. The zero-order valence-corrected chi connectivity index (χ0v) is 8.26. The van der Waals surface area contributed by atoms with Crippen molar-refractivity contribution in [3.63, 3.8) is 0 Å². The lowest BCUT2D eigenvalue weighted by Gasteiger charge is -2.06. The van der Waals surface area contributed by atoms with Gasteiger partial charge in [-0.2, -0.15) is 13.2 Å². The van der Waals surface area contributed by atoms with Gasteiger partial charge in [0.2, 0.25) is 0 Å². The smallest absolute Gasteiger partial charge is 0.248 e. The molecule has 1 aromatic heterocycles. The summed E-state index contributed by atoms with van der Waals surface area (Å²) in [6, 6.07) is 1.82. The fraction of sp³-hybridized carbons (Fsp3) is 0.250. The summed E-state index contributed by atoms with van der Waals surface area (Å²) < 4.78 is 38.5. The summed E-state index contributed by atoms with van der Waals surface area (Å²) in [7, 11) is 1.51. The fourth-order valence-corrected chi connectivity index (χ4v) is 1.51. The Bertz CT molecular complexity index is 518. The molecule has 0 amide bonds. The number of aryl methyl sites for hydroxylation is 1. The maximum atomic E-state index is 12.4. The molecule has 0 N–H and O–H groups in total. The molecule has 3 nitrogen and oxygen atoms in total. The van der Waals surface area contributed by atoms with Gasteiger partial charge in [-0.3, -0.25) is 0 Å². The second-order valence-electron chi connectivity index (χ2n) is 3.04. The van der Waals surface area contributed by atoms with Crippen LogP contribution in [0.15, 0.2) is 12.1 Å². The molecule has 0 unspecified atom stereocenters. The summed E-state index contributed by atoms with van der Waals surface area (Å²) in [4.78, 5) is 0. The molecule has 0 radical (unpaired) electrons. The average molecular weight is 236 g/mol. The van der Waals surface area contributed by atoms with Crippen molar-refractivity contribution in [2.45, 2.75) is 6.18 Å². The molecular weight excluding hydrogens is 231 g/mol. The van der Waals surface area contributed by atoms with Crippen LogP contribution in [0.3, 0.4) is 0 Å². The van der Waals surface area contributed by atoms with Crippen LogP contribution in [0.5, 0.6) is 0 Å². The molecule has 0 atom stereocenters. The highest BCUT2D eigenvalue weighted by molar-refractivity contribution is 6.35. The van der Waals surface area contributed by atoms with Crippen LogP contribution in [-0.2, 0) is 13.2 Å². The van der Waals surface area contributed by atoms with E-state index in [9.17, 15) is 13.2 Å². The van der Waals surface area contributed by atoms with Crippen LogP contribution in [0.4, 0.5) is 13.2 Å². The van der Waals surface area contributed by atoms with Crippen LogP contribution < -0.4 is 0 Å². The van der Waals surface area contributed by atoms with Gasteiger partial charge in [0.1, 0.15) is 5.52 Å². The Morgan fingerprint density at radius 2 is 2.00 bits per heavy atom. The number of hydrogen-bond donors (Lipinski definition) is 0. The van der Waals surface area contributed by atoms with Gasteiger partial charge in [0, 0.05) is 7.05 Å². The molecule has 0 aliphatic heterocycles. The molecule has 7 heteroatoms. The Kier molecular flexibility index (Phi) is 2.11. The van der Waals surface area contributed by atoms with E-state index in [1.54, 1.807) is 0 Å². The summed E-state index contributed by atoms with van der Waals surface area (Å²) in [6.07, 6.45) is -4.41. The molecule has 0 aliphatic rings. The van der Waals surface area contributed by atoms with Crippen LogP contribution in [0, 0.1) is 0 Å². The molecule has 0 bridgehead atoms. The molecule has 15 heavy (non-hydrogen) atoms. The number of rotatable bonds is 0. The lowest BCUT2D eigenvalue weighted by atomic mass is 10.2. The Labute approximate surface area is 87.4 Å². The van der Waals surface area contributed by atoms with Crippen molar-refractivity contribution in [1.82, 2.24) is 15.0 Å². The first-order chi connectivity index (χ1) is 6.89. The van der Waals surface area contributed by atoms with Gasteiger partial charge in [0.05, 0.1) is 16.1 Å². The normalized spacial score (nSPS) is 12.3. The highest BCUT2D eigenvalue weighted by Gasteiger charge is 2.31. The lowest BCUT2D eigenvalue weighted by Crippen LogP contribution is -2.05. The summed E-state index contributed by atoms with van der Waals surface area (Å²) in [6.45, 7) is 0. The van der Waals surface area contributed by atoms with Crippen molar-refractivity contribution in [3.05, 3.63) is 22.7 Å². The Balaban J connectivity index is 2.76. The van der Waals surface area contributed by atoms with E-state index in [1.807, 2.05) is 0 Å². The van der Waals surface area contributed by atoms with Gasteiger partial charge < -0.3 is 0 Å². The van der Waals surface area contributed by atoms with E-state index < -0.39 is 11.7 Å². The zero-order chi connectivity index (χ0) is 11.2. The minimum atomic E-state index is -4.41. The third kappa shape index (κ3) is 1.65. The summed E-state index contributed by atoms with van der Waals surface area (Å²) in [5.74, 6) is 0. The maximum Gasteiger partial charge on any atom is 0.416 e. The SMILES string of the molecule is Cn1nnc2c(Cl)cc(C(F)(F)F)cc21. The second-order valence-corrected chi connectivity index (χ2v) is 3.44. The summed E-state index contributed by atoms with van der Waals surface area (Å²) >= 11 is 5.67. The Morgan fingerprint density at radius 3 is 2.60 bits per heavy atom. The predicted molar refractivity (Wildman–Crippen MR) is 48.5 cm³/mol. The van der Waals surface area contributed by atoms with Gasteiger partial charge in [-0.1, -0.05) is 16.8 Å². The third-order valence-electron chi connectivity index (χ3n) is 2.00. The van der Waals surface area contributed by atoms with Gasteiger partial charge in [0.25, 0.3) is 0 Å². The molecule has 0 saturated carbocycles. The van der Waals surface area contributed by atoms with Crippen LogP contribution >= 0.6 is 11.6 Å². The monoisotopic (exact) mass is 235 g/mol. The van der Waals surface area contributed by atoms with E-state index in [2.05, 4.69) is 10.3 Å². The highest BCUT2D eigenvalue weighted by Crippen LogP contribution is 2.34. The van der Waals surface area contributed by atoms with Crippen molar-refractivity contribution < 1.29 is 13.2 Å². The summed E-state index contributed by atoms with van der Waals surface area (Å²) in [5.41, 5.74) is -0.271. The first kappa shape index (κ1) is 10.2. The lowest BCUT2D eigenvalue weighted by molar-refractivity contribution is -0.137. The first-order valence-electron chi connectivity index (χ1n) is 3.96. The van der Waals surface area contributed by atoms with Gasteiger partial charge in [-0.15, -0.1) is 5.10 Å². The minimum absolute atomic E-state index is 0.0482. The van der Waals surface area contributed by atoms with Crippen LogP contribution in [0.1, 0.15) is 5.56 Å². The van der Waals surface area contributed by atoms with Gasteiger partial charge in [-0.25, -0.2) is 4.68 Å². The topological polar surface area (TPSA) is 30.7 Å². The average Bonchev–Trinajstić information content (AvgIpc) is 2.47. The number of fused-ring (bicyclic) bond motifs is 1. The molecular formula is C8H5ClF3N3. The summed E-state index contributed by atoms with van der Waals surface area (Å²) in [5, 5.41) is 7.20. The first-order valence-corrected chi connectivity index (χ1v) is 4.33.